The second kappa shape index (κ2) is 4.28. The normalized spacial score (nSPS) is 24.0. The summed E-state index contributed by atoms with van der Waals surface area (Å²) in [5, 5.41) is 3.61. The molecule has 0 saturated carbocycles. The first-order chi connectivity index (χ1) is 6.75. The van der Waals surface area contributed by atoms with E-state index in [0.29, 0.717) is 17.6 Å². The number of rotatable bonds is 3. The highest BCUT2D eigenvalue weighted by Crippen LogP contribution is 2.20. The largest absolute Gasteiger partial charge is 0.381 e. The van der Waals surface area contributed by atoms with E-state index >= 15 is 0 Å². The van der Waals surface area contributed by atoms with Crippen LogP contribution in [0.3, 0.4) is 0 Å². The van der Waals surface area contributed by atoms with Gasteiger partial charge in [-0.25, -0.2) is 0 Å². The molecule has 2 rings (SSSR count). The molecule has 78 valence electrons. The predicted octanol–water partition coefficient (Wildman–Crippen LogP) is 1.95. The van der Waals surface area contributed by atoms with E-state index in [1.54, 1.807) is 0 Å². The number of halogens is 1. The molecular formula is C9H13ClN2O2. The van der Waals surface area contributed by atoms with Gasteiger partial charge in [-0.2, -0.15) is 4.98 Å². The maximum atomic E-state index is 5.82. The van der Waals surface area contributed by atoms with Crippen molar-refractivity contribution in [2.24, 2.45) is 5.92 Å². The van der Waals surface area contributed by atoms with Gasteiger partial charge in [0, 0.05) is 19.6 Å². The van der Waals surface area contributed by atoms with Gasteiger partial charge in [0.1, 0.15) is 0 Å². The summed E-state index contributed by atoms with van der Waals surface area (Å²) in [5.41, 5.74) is 0. The Morgan fingerprint density at radius 3 is 3.07 bits per heavy atom. The molecule has 0 bridgehead atoms. The van der Waals surface area contributed by atoms with Crippen LogP contribution in [-0.4, -0.2) is 23.4 Å². The fraction of sp³-hybridized carbons (Fsp3) is 0.778. The third kappa shape index (κ3) is 2.25. The first-order valence-electron chi connectivity index (χ1n) is 4.80. The van der Waals surface area contributed by atoms with Crippen LogP contribution in [0.25, 0.3) is 0 Å². The van der Waals surface area contributed by atoms with Crippen LogP contribution in [0.1, 0.15) is 30.4 Å². The average Bonchev–Trinajstić information content (AvgIpc) is 2.75. The SMILES string of the molecule is CC(Cl)c1noc(CC2CCOC2)n1. The third-order valence-electron chi connectivity index (χ3n) is 2.33. The Morgan fingerprint density at radius 2 is 2.50 bits per heavy atom. The molecule has 0 amide bonds. The molecule has 1 aliphatic heterocycles. The fourth-order valence-corrected chi connectivity index (χ4v) is 1.59. The van der Waals surface area contributed by atoms with Gasteiger partial charge in [-0.15, -0.1) is 11.6 Å². The molecule has 0 aromatic carbocycles. The molecule has 1 aromatic rings. The van der Waals surface area contributed by atoms with E-state index in [-0.39, 0.29) is 5.38 Å². The smallest absolute Gasteiger partial charge is 0.227 e. The minimum Gasteiger partial charge on any atom is -0.381 e. The maximum absolute atomic E-state index is 5.82. The van der Waals surface area contributed by atoms with Crippen LogP contribution in [0.2, 0.25) is 0 Å². The van der Waals surface area contributed by atoms with Gasteiger partial charge in [0.05, 0.1) is 5.38 Å². The lowest BCUT2D eigenvalue weighted by Crippen LogP contribution is -2.03. The van der Waals surface area contributed by atoms with E-state index in [4.69, 9.17) is 20.9 Å². The fourth-order valence-electron chi connectivity index (χ4n) is 1.50. The topological polar surface area (TPSA) is 48.2 Å². The van der Waals surface area contributed by atoms with E-state index in [0.717, 1.165) is 26.1 Å². The molecule has 14 heavy (non-hydrogen) atoms. The molecule has 2 unspecified atom stereocenters. The molecule has 0 radical (unpaired) electrons. The molecule has 1 aromatic heterocycles. The Kier molecular flexibility index (Phi) is 3.03. The Hall–Kier alpha value is -0.610. The van der Waals surface area contributed by atoms with Gasteiger partial charge < -0.3 is 9.26 Å². The standard InChI is InChI=1S/C9H13ClN2O2/c1-6(10)9-11-8(14-12-9)4-7-2-3-13-5-7/h6-7H,2-5H2,1H3. The van der Waals surface area contributed by atoms with Crippen LogP contribution < -0.4 is 0 Å². The third-order valence-corrected chi connectivity index (χ3v) is 2.52. The molecule has 1 aliphatic rings. The van der Waals surface area contributed by atoms with Crippen LogP contribution in [0.4, 0.5) is 0 Å². The summed E-state index contributed by atoms with van der Waals surface area (Å²) in [6.45, 7) is 3.47. The summed E-state index contributed by atoms with van der Waals surface area (Å²) >= 11 is 5.82. The first kappa shape index (κ1) is 9.93. The van der Waals surface area contributed by atoms with Crippen molar-refractivity contribution in [3.05, 3.63) is 11.7 Å². The molecule has 0 spiro atoms. The highest BCUT2D eigenvalue weighted by molar-refractivity contribution is 6.20. The number of alkyl halides is 1. The second-order valence-corrected chi connectivity index (χ2v) is 4.25. The lowest BCUT2D eigenvalue weighted by molar-refractivity contribution is 0.183. The van der Waals surface area contributed by atoms with Crippen LogP contribution in [0, 0.1) is 5.92 Å². The zero-order valence-corrected chi connectivity index (χ0v) is 8.83. The lowest BCUT2D eigenvalue weighted by atomic mass is 10.1. The minimum atomic E-state index is -0.188. The summed E-state index contributed by atoms with van der Waals surface area (Å²) < 4.78 is 10.4. The Bertz CT molecular complexity index is 295. The molecule has 2 atom stereocenters. The van der Waals surface area contributed by atoms with Gasteiger partial charge >= 0.3 is 0 Å². The van der Waals surface area contributed by atoms with Crippen molar-refractivity contribution < 1.29 is 9.26 Å². The highest BCUT2D eigenvalue weighted by Gasteiger charge is 2.20. The molecular weight excluding hydrogens is 204 g/mol. The van der Waals surface area contributed by atoms with E-state index in [9.17, 15) is 0 Å². The molecule has 4 nitrogen and oxygen atoms in total. The van der Waals surface area contributed by atoms with Crippen molar-refractivity contribution in [2.45, 2.75) is 25.1 Å². The summed E-state index contributed by atoms with van der Waals surface area (Å²) in [6, 6.07) is 0. The maximum Gasteiger partial charge on any atom is 0.227 e. The summed E-state index contributed by atoms with van der Waals surface area (Å²) in [7, 11) is 0. The highest BCUT2D eigenvalue weighted by atomic mass is 35.5. The van der Waals surface area contributed by atoms with E-state index in [1.807, 2.05) is 6.92 Å². The van der Waals surface area contributed by atoms with Gasteiger partial charge in [-0.05, 0) is 19.3 Å². The molecule has 0 N–H and O–H groups in total. The van der Waals surface area contributed by atoms with Crippen molar-refractivity contribution in [3.63, 3.8) is 0 Å². The Balaban J connectivity index is 1.95. The Labute approximate surface area is 87.6 Å². The van der Waals surface area contributed by atoms with E-state index in [1.165, 1.54) is 0 Å². The number of aromatic nitrogens is 2. The average molecular weight is 217 g/mol. The first-order valence-corrected chi connectivity index (χ1v) is 5.23. The van der Waals surface area contributed by atoms with Crippen molar-refractivity contribution in [1.29, 1.82) is 0 Å². The number of ether oxygens (including phenoxy) is 1. The second-order valence-electron chi connectivity index (χ2n) is 3.60. The number of hydrogen-bond acceptors (Lipinski definition) is 4. The van der Waals surface area contributed by atoms with Crippen molar-refractivity contribution in [1.82, 2.24) is 10.1 Å². The molecule has 2 heterocycles. The van der Waals surface area contributed by atoms with Gasteiger partial charge in [0.15, 0.2) is 5.82 Å². The number of hydrogen-bond donors (Lipinski definition) is 0. The van der Waals surface area contributed by atoms with Crippen LogP contribution in [0.15, 0.2) is 4.52 Å². The van der Waals surface area contributed by atoms with E-state index < -0.39 is 0 Å². The molecule has 0 aliphatic carbocycles. The zero-order valence-electron chi connectivity index (χ0n) is 8.07. The van der Waals surface area contributed by atoms with Crippen LogP contribution in [-0.2, 0) is 11.2 Å². The van der Waals surface area contributed by atoms with Crippen molar-refractivity contribution in [2.75, 3.05) is 13.2 Å². The van der Waals surface area contributed by atoms with Crippen LogP contribution >= 0.6 is 11.6 Å². The van der Waals surface area contributed by atoms with Crippen molar-refractivity contribution >= 4 is 11.6 Å². The molecule has 1 fully saturated rings. The summed E-state index contributed by atoms with van der Waals surface area (Å²) in [4.78, 5) is 4.21. The van der Waals surface area contributed by atoms with Crippen LogP contribution in [0.5, 0.6) is 0 Å². The van der Waals surface area contributed by atoms with Gasteiger partial charge in [-0.1, -0.05) is 5.16 Å². The monoisotopic (exact) mass is 216 g/mol. The lowest BCUT2D eigenvalue weighted by Gasteiger charge is -2.00. The quantitative estimate of drug-likeness (QED) is 0.725. The zero-order chi connectivity index (χ0) is 9.97. The molecule has 5 heteroatoms. The van der Waals surface area contributed by atoms with Gasteiger partial charge in [-0.3, -0.25) is 0 Å². The summed E-state index contributed by atoms with van der Waals surface area (Å²) in [6.07, 6.45) is 1.88. The Morgan fingerprint density at radius 1 is 1.64 bits per heavy atom. The molecule has 1 saturated heterocycles. The minimum absolute atomic E-state index is 0.188. The predicted molar refractivity (Wildman–Crippen MR) is 51.2 cm³/mol. The van der Waals surface area contributed by atoms with E-state index in [2.05, 4.69) is 10.1 Å². The summed E-state index contributed by atoms with van der Waals surface area (Å²) in [5.74, 6) is 1.76. The van der Waals surface area contributed by atoms with Crippen molar-refractivity contribution in [3.8, 4) is 0 Å². The number of nitrogens with zero attached hydrogens (tertiary/aromatic N) is 2. The van der Waals surface area contributed by atoms with Gasteiger partial charge in [0.25, 0.3) is 0 Å². The van der Waals surface area contributed by atoms with Gasteiger partial charge in [0.2, 0.25) is 5.89 Å².